The van der Waals surface area contributed by atoms with E-state index < -0.39 is 12.1 Å². The van der Waals surface area contributed by atoms with Crippen LogP contribution in [-0.4, -0.2) is 29.6 Å². The Bertz CT molecular complexity index is 667. The predicted octanol–water partition coefficient (Wildman–Crippen LogP) is 1.98. The number of rotatable bonds is 4. The van der Waals surface area contributed by atoms with E-state index in [1.165, 1.54) is 0 Å². The van der Waals surface area contributed by atoms with Crippen molar-refractivity contribution in [1.29, 1.82) is 0 Å². The van der Waals surface area contributed by atoms with E-state index in [1.807, 2.05) is 18.2 Å². The lowest BCUT2D eigenvalue weighted by molar-refractivity contribution is -0.122. The molecule has 0 unspecified atom stereocenters. The number of carbonyl (C=O) groups excluding carboxylic acids is 3. The van der Waals surface area contributed by atoms with E-state index in [2.05, 4.69) is 16.0 Å². The second-order valence-corrected chi connectivity index (χ2v) is 7.07. The summed E-state index contributed by atoms with van der Waals surface area (Å²) in [5.41, 5.74) is 1.04. The van der Waals surface area contributed by atoms with Crippen LogP contribution in [0.15, 0.2) is 23.1 Å². The van der Waals surface area contributed by atoms with Gasteiger partial charge in [-0.2, -0.15) is 0 Å². The fraction of sp³-hybridized carbons (Fsp3) is 0.400. The van der Waals surface area contributed by atoms with Gasteiger partial charge in [0.15, 0.2) is 0 Å². The highest BCUT2D eigenvalue weighted by molar-refractivity contribution is 7.99. The highest BCUT2D eigenvalue weighted by Crippen LogP contribution is 2.37. The second-order valence-electron chi connectivity index (χ2n) is 5.49. The van der Waals surface area contributed by atoms with Crippen LogP contribution < -0.4 is 16.0 Å². The number of fused-ring (bicyclic) bond motifs is 1. The molecule has 2 atom stereocenters. The molecule has 1 fully saturated rings. The van der Waals surface area contributed by atoms with E-state index in [0.717, 1.165) is 22.6 Å². The Balaban J connectivity index is 1.58. The van der Waals surface area contributed by atoms with Crippen LogP contribution in [0.1, 0.15) is 30.9 Å². The standard InChI is InChI=1S/C15H16ClN3O3S/c16-8-1-3-12-9(7-8)10(5-6-23-12)17-13(20)4-2-11-14(21)19-15(22)18-11/h1,3,7,10-11H,2,4-6H2,(H,17,20)(H2,18,19,21,22)/t10-,11-/m1/s1. The molecular weight excluding hydrogens is 338 g/mol. The molecule has 2 aliphatic heterocycles. The van der Waals surface area contributed by atoms with Crippen LogP contribution in [0.2, 0.25) is 5.02 Å². The Kier molecular flexibility index (Phi) is 4.77. The van der Waals surface area contributed by atoms with Crippen LogP contribution in [-0.2, 0) is 9.59 Å². The van der Waals surface area contributed by atoms with Crippen molar-refractivity contribution in [3.8, 4) is 0 Å². The normalized spacial score (nSPS) is 23.0. The van der Waals surface area contributed by atoms with Crippen LogP contribution in [0.25, 0.3) is 0 Å². The molecule has 0 aliphatic carbocycles. The fourth-order valence-electron chi connectivity index (χ4n) is 2.72. The quantitative estimate of drug-likeness (QED) is 0.722. The van der Waals surface area contributed by atoms with Crippen LogP contribution in [0.3, 0.4) is 0 Å². The van der Waals surface area contributed by atoms with Gasteiger partial charge in [0.2, 0.25) is 5.91 Å². The lowest BCUT2D eigenvalue weighted by Crippen LogP contribution is -2.34. The first-order valence-corrected chi connectivity index (χ1v) is 8.72. The molecule has 0 saturated carbocycles. The molecule has 3 N–H and O–H groups in total. The summed E-state index contributed by atoms with van der Waals surface area (Å²) < 4.78 is 0. The first-order chi connectivity index (χ1) is 11.0. The molecule has 0 radical (unpaired) electrons. The van der Waals surface area contributed by atoms with Crippen molar-refractivity contribution in [2.24, 2.45) is 0 Å². The lowest BCUT2D eigenvalue weighted by atomic mass is 10.0. The molecule has 1 aromatic carbocycles. The van der Waals surface area contributed by atoms with Gasteiger partial charge in [-0.1, -0.05) is 11.6 Å². The molecule has 0 spiro atoms. The summed E-state index contributed by atoms with van der Waals surface area (Å²) in [6.07, 6.45) is 1.30. The van der Waals surface area contributed by atoms with Crippen molar-refractivity contribution in [3.63, 3.8) is 0 Å². The van der Waals surface area contributed by atoms with Gasteiger partial charge >= 0.3 is 6.03 Å². The summed E-state index contributed by atoms with van der Waals surface area (Å²) in [6.45, 7) is 0. The van der Waals surface area contributed by atoms with Gasteiger partial charge in [-0.05, 0) is 36.6 Å². The molecule has 1 aromatic rings. The number of hydrogen-bond donors (Lipinski definition) is 3. The van der Waals surface area contributed by atoms with E-state index >= 15 is 0 Å². The average Bonchev–Trinajstić information content (AvgIpc) is 2.84. The number of thioether (sulfide) groups is 1. The maximum absolute atomic E-state index is 12.2. The number of halogens is 1. The van der Waals surface area contributed by atoms with E-state index in [4.69, 9.17) is 11.6 Å². The zero-order valence-electron chi connectivity index (χ0n) is 12.2. The van der Waals surface area contributed by atoms with Gasteiger partial charge in [0.1, 0.15) is 6.04 Å². The molecule has 0 aromatic heterocycles. The van der Waals surface area contributed by atoms with Gasteiger partial charge < -0.3 is 10.6 Å². The number of imide groups is 1. The monoisotopic (exact) mass is 353 g/mol. The topological polar surface area (TPSA) is 87.3 Å². The molecule has 122 valence electrons. The zero-order chi connectivity index (χ0) is 16.4. The average molecular weight is 354 g/mol. The summed E-state index contributed by atoms with van der Waals surface area (Å²) >= 11 is 7.80. The number of hydrogen-bond acceptors (Lipinski definition) is 4. The minimum absolute atomic E-state index is 0.0653. The highest BCUT2D eigenvalue weighted by atomic mass is 35.5. The van der Waals surface area contributed by atoms with Gasteiger partial charge in [0, 0.05) is 22.1 Å². The van der Waals surface area contributed by atoms with Gasteiger partial charge in [0.25, 0.3) is 5.91 Å². The third-order valence-corrected chi connectivity index (χ3v) is 5.22. The third-order valence-electron chi connectivity index (χ3n) is 3.87. The summed E-state index contributed by atoms with van der Waals surface area (Å²) in [5, 5.41) is 8.28. The van der Waals surface area contributed by atoms with E-state index in [0.29, 0.717) is 5.02 Å². The van der Waals surface area contributed by atoms with Gasteiger partial charge in [-0.3, -0.25) is 14.9 Å². The van der Waals surface area contributed by atoms with Crippen molar-refractivity contribution in [2.45, 2.75) is 36.2 Å². The molecule has 4 amide bonds. The minimum atomic E-state index is -0.628. The molecule has 23 heavy (non-hydrogen) atoms. The Morgan fingerprint density at radius 1 is 1.39 bits per heavy atom. The number of benzene rings is 1. The van der Waals surface area contributed by atoms with Crippen molar-refractivity contribution < 1.29 is 14.4 Å². The molecule has 2 aliphatic rings. The van der Waals surface area contributed by atoms with Gasteiger partial charge in [-0.15, -0.1) is 11.8 Å². The smallest absolute Gasteiger partial charge is 0.322 e. The maximum atomic E-state index is 12.2. The van der Waals surface area contributed by atoms with Crippen molar-refractivity contribution in [1.82, 2.24) is 16.0 Å². The fourth-order valence-corrected chi connectivity index (χ4v) is 4.01. The van der Waals surface area contributed by atoms with E-state index in [1.54, 1.807) is 11.8 Å². The Hall–Kier alpha value is -1.73. The Morgan fingerprint density at radius 2 is 2.22 bits per heavy atom. The largest absolute Gasteiger partial charge is 0.349 e. The van der Waals surface area contributed by atoms with Crippen LogP contribution in [0.4, 0.5) is 4.79 Å². The predicted molar refractivity (Wildman–Crippen MR) is 87.4 cm³/mol. The lowest BCUT2D eigenvalue weighted by Gasteiger charge is -2.26. The first kappa shape index (κ1) is 16.1. The van der Waals surface area contributed by atoms with Crippen LogP contribution in [0, 0.1) is 0 Å². The highest BCUT2D eigenvalue weighted by Gasteiger charge is 2.30. The van der Waals surface area contributed by atoms with Crippen LogP contribution >= 0.6 is 23.4 Å². The minimum Gasteiger partial charge on any atom is -0.349 e. The molecule has 3 rings (SSSR count). The van der Waals surface area contributed by atoms with E-state index in [9.17, 15) is 14.4 Å². The summed E-state index contributed by atoms with van der Waals surface area (Å²) in [7, 11) is 0. The number of urea groups is 1. The Labute approximate surface area is 142 Å². The number of amides is 4. The van der Waals surface area contributed by atoms with Crippen molar-refractivity contribution >= 4 is 41.2 Å². The van der Waals surface area contributed by atoms with Crippen molar-refractivity contribution in [3.05, 3.63) is 28.8 Å². The van der Waals surface area contributed by atoms with Gasteiger partial charge in [-0.25, -0.2) is 4.79 Å². The summed E-state index contributed by atoms with van der Waals surface area (Å²) in [5.74, 6) is 0.413. The summed E-state index contributed by atoms with van der Waals surface area (Å²) in [4.78, 5) is 35.8. The van der Waals surface area contributed by atoms with E-state index in [-0.39, 0.29) is 30.7 Å². The van der Waals surface area contributed by atoms with Crippen LogP contribution in [0.5, 0.6) is 0 Å². The molecule has 1 saturated heterocycles. The second kappa shape index (κ2) is 6.80. The molecule has 0 bridgehead atoms. The molecule has 6 nitrogen and oxygen atoms in total. The van der Waals surface area contributed by atoms with Gasteiger partial charge in [0.05, 0.1) is 6.04 Å². The third kappa shape index (κ3) is 3.79. The first-order valence-electron chi connectivity index (χ1n) is 7.36. The maximum Gasteiger partial charge on any atom is 0.322 e. The molecule has 8 heteroatoms. The number of carbonyl (C=O) groups is 3. The molecular formula is C15H16ClN3O3S. The Morgan fingerprint density at radius 3 is 2.96 bits per heavy atom. The zero-order valence-corrected chi connectivity index (χ0v) is 13.8. The summed E-state index contributed by atoms with van der Waals surface area (Å²) in [6, 6.07) is 4.51. The molecule has 2 heterocycles. The SMILES string of the molecule is O=C(CC[C@H]1NC(=O)NC1=O)N[C@@H]1CCSc2ccc(Cl)cc21. The number of nitrogens with one attached hydrogen (secondary N) is 3. The van der Waals surface area contributed by atoms with Crippen molar-refractivity contribution in [2.75, 3.05) is 5.75 Å².